The number of hydrogen-bond acceptors (Lipinski definition) is 5. The molecule has 1 unspecified atom stereocenters. The first-order valence-electron chi connectivity index (χ1n) is 9.48. The summed E-state index contributed by atoms with van der Waals surface area (Å²) in [4.78, 5) is 27.9. The maximum absolute atomic E-state index is 15.1. The first kappa shape index (κ1) is 18.7. The van der Waals surface area contributed by atoms with Gasteiger partial charge in [-0.25, -0.2) is 9.18 Å². The van der Waals surface area contributed by atoms with Crippen LogP contribution < -0.4 is 15.2 Å². The van der Waals surface area contributed by atoms with Crippen molar-refractivity contribution in [3.05, 3.63) is 39.6 Å². The van der Waals surface area contributed by atoms with Crippen LogP contribution in [0.1, 0.15) is 36.3 Å². The fraction of sp³-hybridized carbons (Fsp3) is 0.500. The Morgan fingerprint density at radius 3 is 2.61 bits per heavy atom. The monoisotopic (exact) mass is 389 g/mol. The summed E-state index contributed by atoms with van der Waals surface area (Å²) >= 11 is 0. The van der Waals surface area contributed by atoms with Crippen molar-refractivity contribution >= 4 is 17.4 Å². The van der Waals surface area contributed by atoms with E-state index in [1.165, 1.54) is 16.7 Å². The SMILES string of the molecule is Cc1c(N2CCC(N(C)C)C2)c(F)cn2c(=O)c(OC(=O)O)cc(C3CC3)c12. The lowest BCUT2D eigenvalue weighted by Gasteiger charge is -2.25. The van der Waals surface area contributed by atoms with Crippen LogP contribution in [0.15, 0.2) is 17.1 Å². The van der Waals surface area contributed by atoms with Gasteiger partial charge >= 0.3 is 6.16 Å². The molecular formula is C20H24FN3O4. The van der Waals surface area contributed by atoms with E-state index < -0.39 is 17.5 Å². The first-order valence-corrected chi connectivity index (χ1v) is 9.48. The molecule has 0 bridgehead atoms. The van der Waals surface area contributed by atoms with E-state index in [9.17, 15) is 9.59 Å². The maximum atomic E-state index is 15.1. The summed E-state index contributed by atoms with van der Waals surface area (Å²) in [6, 6.07) is 1.87. The Hall–Kier alpha value is -2.61. The van der Waals surface area contributed by atoms with Crippen LogP contribution in [0.3, 0.4) is 0 Å². The summed E-state index contributed by atoms with van der Waals surface area (Å²) < 4.78 is 21.0. The van der Waals surface area contributed by atoms with Crippen molar-refractivity contribution in [3.8, 4) is 5.75 Å². The van der Waals surface area contributed by atoms with Crippen molar-refractivity contribution < 1.29 is 19.0 Å². The van der Waals surface area contributed by atoms with Gasteiger partial charge in [0.25, 0.3) is 5.56 Å². The van der Waals surface area contributed by atoms with Gasteiger partial charge in [0.05, 0.1) is 17.4 Å². The van der Waals surface area contributed by atoms with Crippen molar-refractivity contribution in [3.63, 3.8) is 0 Å². The number of rotatable bonds is 4. The number of nitrogens with zero attached hydrogens (tertiary/aromatic N) is 3. The van der Waals surface area contributed by atoms with Crippen LogP contribution in [0, 0.1) is 12.7 Å². The summed E-state index contributed by atoms with van der Waals surface area (Å²) in [5.41, 5.74) is 2.08. The number of likely N-dealkylation sites (N-methyl/N-ethyl adjacent to an activating group) is 1. The number of carbonyl (C=O) groups is 1. The maximum Gasteiger partial charge on any atom is 0.511 e. The Morgan fingerprint density at radius 1 is 1.32 bits per heavy atom. The van der Waals surface area contributed by atoms with Crippen LogP contribution in [0.2, 0.25) is 0 Å². The predicted molar refractivity (Wildman–Crippen MR) is 103 cm³/mol. The molecule has 1 N–H and O–H groups in total. The van der Waals surface area contributed by atoms with E-state index in [0.717, 1.165) is 37.9 Å². The highest BCUT2D eigenvalue weighted by molar-refractivity contribution is 5.74. The molecule has 4 rings (SSSR count). The van der Waals surface area contributed by atoms with Crippen LogP contribution in [0.25, 0.3) is 5.52 Å². The molecule has 8 heteroatoms. The number of aromatic nitrogens is 1. The summed E-state index contributed by atoms with van der Waals surface area (Å²) in [5.74, 6) is -0.537. The molecule has 1 saturated heterocycles. The van der Waals surface area contributed by atoms with Gasteiger partial charge in [0, 0.05) is 19.1 Å². The third-order valence-corrected chi connectivity index (χ3v) is 5.83. The second kappa shape index (κ2) is 6.77. The topological polar surface area (TPSA) is 74.5 Å². The van der Waals surface area contributed by atoms with Crippen molar-refractivity contribution in [2.45, 2.75) is 38.1 Å². The van der Waals surface area contributed by atoms with Gasteiger partial charge in [-0.1, -0.05) is 0 Å². The number of halogens is 1. The van der Waals surface area contributed by atoms with Gasteiger partial charge in [0.1, 0.15) is 0 Å². The molecule has 1 atom stereocenters. The van der Waals surface area contributed by atoms with Gasteiger partial charge < -0.3 is 19.6 Å². The van der Waals surface area contributed by atoms with E-state index in [2.05, 4.69) is 9.64 Å². The lowest BCUT2D eigenvalue weighted by molar-refractivity contribution is 0.143. The Labute approximate surface area is 161 Å². The highest BCUT2D eigenvalue weighted by atomic mass is 19.1. The summed E-state index contributed by atoms with van der Waals surface area (Å²) in [7, 11) is 4.04. The van der Waals surface area contributed by atoms with Crippen LogP contribution in [0.4, 0.5) is 14.9 Å². The molecule has 0 radical (unpaired) electrons. The van der Waals surface area contributed by atoms with Crippen molar-refractivity contribution in [1.82, 2.24) is 9.30 Å². The molecule has 7 nitrogen and oxygen atoms in total. The third kappa shape index (κ3) is 3.11. The van der Waals surface area contributed by atoms with E-state index in [1.54, 1.807) is 0 Å². The van der Waals surface area contributed by atoms with E-state index >= 15 is 4.39 Å². The minimum atomic E-state index is -1.56. The average molecular weight is 389 g/mol. The summed E-state index contributed by atoms with van der Waals surface area (Å²) in [6.45, 7) is 3.31. The number of anilines is 1. The van der Waals surface area contributed by atoms with Gasteiger partial charge in [0.15, 0.2) is 11.6 Å². The van der Waals surface area contributed by atoms with E-state index in [0.29, 0.717) is 22.8 Å². The molecule has 2 aliphatic rings. The quantitative estimate of drug-likeness (QED) is 0.811. The number of pyridine rings is 2. The Kier molecular flexibility index (Phi) is 4.53. The lowest BCUT2D eigenvalue weighted by Crippen LogP contribution is -2.32. The van der Waals surface area contributed by atoms with Crippen molar-refractivity contribution in [1.29, 1.82) is 0 Å². The molecule has 1 aliphatic carbocycles. The van der Waals surface area contributed by atoms with E-state index in [1.807, 2.05) is 25.9 Å². The smallest absolute Gasteiger partial charge is 0.449 e. The van der Waals surface area contributed by atoms with Gasteiger partial charge in [0.2, 0.25) is 0 Å². The van der Waals surface area contributed by atoms with Gasteiger partial charge in [-0.05, 0) is 63.4 Å². The van der Waals surface area contributed by atoms with E-state index in [-0.39, 0.29) is 11.7 Å². The molecule has 28 heavy (non-hydrogen) atoms. The number of hydrogen-bond donors (Lipinski definition) is 1. The molecule has 3 heterocycles. The first-order chi connectivity index (χ1) is 13.3. The zero-order chi connectivity index (χ0) is 20.2. The number of aryl methyl sites for hydroxylation is 1. The molecule has 0 spiro atoms. The highest BCUT2D eigenvalue weighted by Crippen LogP contribution is 2.44. The molecule has 2 aromatic heterocycles. The molecule has 1 aliphatic heterocycles. The largest absolute Gasteiger partial charge is 0.511 e. The minimum absolute atomic E-state index is 0.233. The van der Waals surface area contributed by atoms with Crippen LogP contribution in [0.5, 0.6) is 5.75 Å². The number of ether oxygens (including phenoxy) is 1. The Morgan fingerprint density at radius 2 is 2.04 bits per heavy atom. The molecule has 2 aromatic rings. The summed E-state index contributed by atoms with van der Waals surface area (Å²) in [5, 5.41) is 8.92. The van der Waals surface area contributed by atoms with E-state index in [4.69, 9.17) is 5.11 Å². The molecule has 150 valence electrons. The zero-order valence-corrected chi connectivity index (χ0v) is 16.2. The molecule has 0 aromatic carbocycles. The van der Waals surface area contributed by atoms with Crippen molar-refractivity contribution in [2.75, 3.05) is 32.1 Å². The fourth-order valence-corrected chi connectivity index (χ4v) is 4.24. The average Bonchev–Trinajstić information content (AvgIpc) is 3.34. The molecule has 1 saturated carbocycles. The van der Waals surface area contributed by atoms with Crippen LogP contribution in [-0.4, -0.2) is 53.8 Å². The Bertz CT molecular complexity index is 1010. The normalized spacial score (nSPS) is 19.6. The highest BCUT2D eigenvalue weighted by Gasteiger charge is 2.32. The molecular weight excluding hydrogens is 365 g/mol. The fourth-order valence-electron chi connectivity index (χ4n) is 4.24. The second-order valence-corrected chi connectivity index (χ2v) is 7.93. The van der Waals surface area contributed by atoms with Gasteiger partial charge in [-0.15, -0.1) is 0 Å². The number of carboxylic acid groups (broad SMARTS) is 1. The lowest BCUT2D eigenvalue weighted by atomic mass is 10.0. The summed E-state index contributed by atoms with van der Waals surface area (Å²) in [6.07, 6.45) is 2.48. The second-order valence-electron chi connectivity index (χ2n) is 7.93. The van der Waals surface area contributed by atoms with Gasteiger partial charge in [-0.2, -0.15) is 0 Å². The standard InChI is InChI=1S/C20H24FN3O4/c1-11-17-14(12-4-5-12)8-16(28-20(26)27)19(25)24(17)10-15(21)18(11)23-7-6-13(9-23)22(2)3/h8,10,12-13H,4-7,9H2,1-3H3,(H,26,27). The van der Waals surface area contributed by atoms with Crippen LogP contribution >= 0.6 is 0 Å². The van der Waals surface area contributed by atoms with Gasteiger partial charge in [-0.3, -0.25) is 9.20 Å². The minimum Gasteiger partial charge on any atom is -0.449 e. The third-order valence-electron chi connectivity index (χ3n) is 5.83. The Balaban J connectivity index is 1.90. The van der Waals surface area contributed by atoms with Crippen molar-refractivity contribution in [2.24, 2.45) is 0 Å². The molecule has 2 fully saturated rings. The predicted octanol–water partition coefficient (Wildman–Crippen LogP) is 2.82. The van der Waals surface area contributed by atoms with Crippen LogP contribution in [-0.2, 0) is 0 Å². The zero-order valence-electron chi connectivity index (χ0n) is 16.2. The molecule has 0 amide bonds. The number of fused-ring (bicyclic) bond motifs is 1.